The van der Waals surface area contributed by atoms with E-state index < -0.39 is 5.97 Å². The molecule has 5 nitrogen and oxygen atoms in total. The van der Waals surface area contributed by atoms with Crippen LogP contribution >= 0.6 is 11.5 Å². The Kier molecular flexibility index (Phi) is 5.21. The van der Waals surface area contributed by atoms with Gasteiger partial charge in [0.1, 0.15) is 10.6 Å². The highest BCUT2D eigenvalue weighted by molar-refractivity contribution is 7.11. The van der Waals surface area contributed by atoms with Crippen LogP contribution < -0.4 is 11.1 Å². The zero-order valence-electron chi connectivity index (χ0n) is 10.4. The zero-order chi connectivity index (χ0) is 12.8. The molecule has 6 heteroatoms. The average Bonchev–Trinajstić information content (AvgIpc) is 2.71. The number of nitrogens with zero attached hydrogens (tertiary/aromatic N) is 1. The van der Waals surface area contributed by atoms with Crippen molar-refractivity contribution in [3.63, 3.8) is 0 Å². The normalized spacial score (nSPS) is 10.6. The Bertz CT molecular complexity index is 375. The number of ether oxygens (including phenoxy) is 1. The third-order valence-electron chi connectivity index (χ3n) is 2.81. The summed E-state index contributed by atoms with van der Waals surface area (Å²) in [6, 6.07) is 0. The van der Waals surface area contributed by atoms with Crippen LogP contribution in [0.3, 0.4) is 0 Å². The maximum atomic E-state index is 11.5. The van der Waals surface area contributed by atoms with Gasteiger partial charge in [0.15, 0.2) is 5.82 Å². The summed E-state index contributed by atoms with van der Waals surface area (Å²) < 4.78 is 8.65. The van der Waals surface area contributed by atoms with Crippen LogP contribution in [0.4, 0.5) is 10.8 Å². The second kappa shape index (κ2) is 6.44. The quantitative estimate of drug-likeness (QED) is 0.765. The molecule has 1 aromatic rings. The van der Waals surface area contributed by atoms with E-state index in [0.717, 1.165) is 19.4 Å². The molecule has 96 valence electrons. The second-order valence-electron chi connectivity index (χ2n) is 3.83. The van der Waals surface area contributed by atoms with Gasteiger partial charge in [-0.2, -0.15) is 4.37 Å². The summed E-state index contributed by atoms with van der Waals surface area (Å²) in [4.78, 5) is 11.5. The predicted octanol–water partition coefficient (Wildman–Crippen LogP) is 2.36. The maximum Gasteiger partial charge on any atom is 0.344 e. The van der Waals surface area contributed by atoms with E-state index in [2.05, 4.69) is 28.3 Å². The molecule has 0 aliphatic carbocycles. The number of hydrogen-bond acceptors (Lipinski definition) is 6. The van der Waals surface area contributed by atoms with Gasteiger partial charge in [0, 0.05) is 6.54 Å². The van der Waals surface area contributed by atoms with Crippen molar-refractivity contribution in [2.45, 2.75) is 26.7 Å². The third-order valence-corrected chi connectivity index (χ3v) is 3.63. The van der Waals surface area contributed by atoms with Gasteiger partial charge in [-0.05, 0) is 17.5 Å². The standard InChI is InChI=1S/C11H19N3O2S/c1-4-7(5-2)6-13-10-8(11(15)16-3)9(12)14-17-10/h7,13H,4-6H2,1-3H3,(H2,12,14). The van der Waals surface area contributed by atoms with Gasteiger partial charge in [0.2, 0.25) is 0 Å². The highest BCUT2D eigenvalue weighted by atomic mass is 32.1. The van der Waals surface area contributed by atoms with Crippen LogP contribution in [0.15, 0.2) is 0 Å². The fourth-order valence-electron chi connectivity index (χ4n) is 1.54. The molecule has 0 atom stereocenters. The first-order chi connectivity index (χ1) is 8.13. The zero-order valence-corrected chi connectivity index (χ0v) is 11.3. The molecule has 0 aromatic carbocycles. The minimum atomic E-state index is -0.441. The van der Waals surface area contributed by atoms with Crippen molar-refractivity contribution in [2.75, 3.05) is 24.7 Å². The summed E-state index contributed by atoms with van der Waals surface area (Å²) >= 11 is 1.20. The fraction of sp³-hybridized carbons (Fsp3) is 0.636. The fourth-order valence-corrected chi connectivity index (χ4v) is 2.24. The molecule has 1 rings (SSSR count). The molecule has 0 saturated heterocycles. The molecule has 0 unspecified atom stereocenters. The van der Waals surface area contributed by atoms with Gasteiger partial charge in [-0.15, -0.1) is 0 Å². The van der Waals surface area contributed by atoms with Gasteiger partial charge >= 0.3 is 5.97 Å². The molecule has 0 radical (unpaired) electrons. The molecule has 1 aromatic heterocycles. The van der Waals surface area contributed by atoms with E-state index in [1.54, 1.807) is 0 Å². The number of esters is 1. The summed E-state index contributed by atoms with van der Waals surface area (Å²) in [5.74, 6) is 0.376. The van der Waals surface area contributed by atoms with Crippen molar-refractivity contribution < 1.29 is 9.53 Å². The van der Waals surface area contributed by atoms with Crippen molar-refractivity contribution in [3.8, 4) is 0 Å². The summed E-state index contributed by atoms with van der Waals surface area (Å²) in [5.41, 5.74) is 6.00. The maximum absolute atomic E-state index is 11.5. The topological polar surface area (TPSA) is 77.2 Å². The van der Waals surface area contributed by atoms with Crippen LogP contribution in [-0.4, -0.2) is 24.0 Å². The number of anilines is 2. The van der Waals surface area contributed by atoms with Crippen LogP contribution in [-0.2, 0) is 4.74 Å². The lowest BCUT2D eigenvalue weighted by Crippen LogP contribution is -2.14. The molecule has 0 saturated carbocycles. The van der Waals surface area contributed by atoms with Crippen LogP contribution in [0.25, 0.3) is 0 Å². The van der Waals surface area contributed by atoms with Crippen molar-refractivity contribution in [2.24, 2.45) is 5.92 Å². The molecule has 1 heterocycles. The Morgan fingerprint density at radius 1 is 1.53 bits per heavy atom. The van der Waals surface area contributed by atoms with E-state index in [1.165, 1.54) is 18.6 Å². The Morgan fingerprint density at radius 3 is 2.71 bits per heavy atom. The minimum absolute atomic E-state index is 0.230. The number of hydrogen-bond donors (Lipinski definition) is 2. The molecule has 0 bridgehead atoms. The molecule has 0 fully saturated rings. The lowest BCUT2D eigenvalue weighted by atomic mass is 10.0. The molecular formula is C11H19N3O2S. The van der Waals surface area contributed by atoms with E-state index >= 15 is 0 Å². The molecule has 0 aliphatic heterocycles. The van der Waals surface area contributed by atoms with Gasteiger partial charge in [0.25, 0.3) is 0 Å². The highest BCUT2D eigenvalue weighted by Crippen LogP contribution is 2.27. The highest BCUT2D eigenvalue weighted by Gasteiger charge is 2.20. The number of carbonyl (C=O) groups is 1. The Morgan fingerprint density at radius 2 is 2.18 bits per heavy atom. The number of methoxy groups -OCH3 is 1. The predicted molar refractivity (Wildman–Crippen MR) is 70.4 cm³/mol. The van der Waals surface area contributed by atoms with E-state index in [1.807, 2.05) is 0 Å². The van der Waals surface area contributed by atoms with Crippen LogP contribution in [0.2, 0.25) is 0 Å². The monoisotopic (exact) mass is 257 g/mol. The van der Waals surface area contributed by atoms with Crippen molar-refractivity contribution in [3.05, 3.63) is 5.56 Å². The van der Waals surface area contributed by atoms with E-state index in [-0.39, 0.29) is 5.82 Å². The number of nitrogens with one attached hydrogen (secondary N) is 1. The van der Waals surface area contributed by atoms with Gasteiger partial charge < -0.3 is 15.8 Å². The average molecular weight is 257 g/mol. The third kappa shape index (κ3) is 3.33. The number of rotatable bonds is 6. The molecular weight excluding hydrogens is 238 g/mol. The smallest absolute Gasteiger partial charge is 0.344 e. The van der Waals surface area contributed by atoms with E-state index in [9.17, 15) is 4.79 Å². The van der Waals surface area contributed by atoms with E-state index in [4.69, 9.17) is 5.73 Å². The SMILES string of the molecule is CCC(CC)CNc1snc(N)c1C(=O)OC. The van der Waals surface area contributed by atoms with Crippen LogP contribution in [0.1, 0.15) is 37.0 Å². The van der Waals surface area contributed by atoms with Gasteiger partial charge in [-0.1, -0.05) is 26.7 Å². The minimum Gasteiger partial charge on any atom is -0.465 e. The van der Waals surface area contributed by atoms with Crippen molar-refractivity contribution in [1.82, 2.24) is 4.37 Å². The lowest BCUT2D eigenvalue weighted by molar-refractivity contribution is 0.0603. The molecule has 0 amide bonds. The van der Waals surface area contributed by atoms with Crippen molar-refractivity contribution >= 4 is 28.3 Å². The summed E-state index contributed by atoms with van der Waals surface area (Å²) in [6.45, 7) is 5.12. The van der Waals surface area contributed by atoms with Crippen LogP contribution in [0.5, 0.6) is 0 Å². The molecule has 0 aliphatic rings. The molecule has 0 spiro atoms. The van der Waals surface area contributed by atoms with E-state index in [0.29, 0.717) is 16.5 Å². The summed E-state index contributed by atoms with van der Waals surface area (Å²) in [5, 5.41) is 3.92. The first-order valence-corrected chi connectivity index (χ1v) is 6.48. The van der Waals surface area contributed by atoms with Gasteiger partial charge in [-0.3, -0.25) is 0 Å². The first-order valence-electron chi connectivity index (χ1n) is 5.71. The summed E-state index contributed by atoms with van der Waals surface area (Å²) in [6.07, 6.45) is 2.21. The Balaban J connectivity index is 2.74. The molecule has 3 N–H and O–H groups in total. The first kappa shape index (κ1) is 13.8. The number of nitrogen functional groups attached to an aromatic ring is 1. The second-order valence-corrected chi connectivity index (χ2v) is 4.60. The largest absolute Gasteiger partial charge is 0.465 e. The molecule has 17 heavy (non-hydrogen) atoms. The number of nitrogens with two attached hydrogens (primary N) is 1. The van der Waals surface area contributed by atoms with Gasteiger partial charge in [0.05, 0.1) is 7.11 Å². The van der Waals surface area contributed by atoms with Crippen LogP contribution in [0, 0.1) is 5.92 Å². The Labute approximate surface area is 106 Å². The van der Waals surface area contributed by atoms with Gasteiger partial charge in [-0.25, -0.2) is 4.79 Å². The van der Waals surface area contributed by atoms with Crippen molar-refractivity contribution in [1.29, 1.82) is 0 Å². The summed E-state index contributed by atoms with van der Waals surface area (Å²) in [7, 11) is 1.34. The number of carbonyl (C=O) groups excluding carboxylic acids is 1. The Hall–Kier alpha value is -1.30. The number of aromatic nitrogens is 1. The lowest BCUT2D eigenvalue weighted by Gasteiger charge is -2.13.